The molecule has 3 aliphatic rings. The average molecular weight is 855 g/mol. The largest absolute Gasteiger partial charge is 0.461 e. The second-order valence-electron chi connectivity index (χ2n) is 14.9. The van der Waals surface area contributed by atoms with Gasteiger partial charge in [-0.3, -0.25) is 14.7 Å². The maximum atomic E-state index is 14.1. The quantitative estimate of drug-likeness (QED) is 0.158. The smallest absolute Gasteiger partial charge is 0.418 e. The second kappa shape index (κ2) is 18.8. The van der Waals surface area contributed by atoms with Gasteiger partial charge in [0.15, 0.2) is 11.9 Å². The predicted molar refractivity (Wildman–Crippen MR) is 216 cm³/mol. The number of nitrogens with zero attached hydrogens (tertiary/aromatic N) is 6. The first-order valence-electron chi connectivity index (χ1n) is 19.8. The molecule has 15 nitrogen and oxygen atoms in total. The number of carbonyl (C=O) groups excluding carboxylic acids is 3. The zero-order valence-electron chi connectivity index (χ0n) is 32.7. The third-order valence-corrected chi connectivity index (χ3v) is 11.3. The van der Waals surface area contributed by atoms with Crippen LogP contribution < -0.4 is 16.3 Å². The lowest BCUT2D eigenvalue weighted by Crippen LogP contribution is -2.53. The van der Waals surface area contributed by atoms with Crippen LogP contribution in [0.2, 0.25) is 5.02 Å². The molecule has 0 spiro atoms. The van der Waals surface area contributed by atoms with Gasteiger partial charge < -0.3 is 34.6 Å². The Bertz CT molecular complexity index is 2180. The van der Waals surface area contributed by atoms with Crippen molar-refractivity contribution in [1.82, 2.24) is 29.5 Å². The number of morpholine rings is 1. The van der Waals surface area contributed by atoms with E-state index < -0.39 is 41.5 Å². The van der Waals surface area contributed by atoms with Crippen LogP contribution in [0.4, 0.5) is 29.3 Å². The summed E-state index contributed by atoms with van der Waals surface area (Å²) < 4.78 is 59.7. The number of halogens is 4. The highest BCUT2D eigenvalue weighted by molar-refractivity contribution is 6.33. The minimum absolute atomic E-state index is 0.0110. The lowest BCUT2D eigenvalue weighted by atomic mass is 10.0. The van der Waals surface area contributed by atoms with Gasteiger partial charge in [-0.1, -0.05) is 41.9 Å². The zero-order valence-corrected chi connectivity index (χ0v) is 33.5. The van der Waals surface area contributed by atoms with Crippen molar-refractivity contribution in [3.05, 3.63) is 98.9 Å². The van der Waals surface area contributed by atoms with Gasteiger partial charge in [0, 0.05) is 76.6 Å². The number of nitrogens with two attached hydrogens (primary N) is 1. The van der Waals surface area contributed by atoms with Crippen molar-refractivity contribution in [1.29, 1.82) is 0 Å². The molecule has 0 unspecified atom stereocenters. The van der Waals surface area contributed by atoms with E-state index in [0.717, 1.165) is 30.4 Å². The van der Waals surface area contributed by atoms with Gasteiger partial charge >= 0.3 is 23.9 Å². The van der Waals surface area contributed by atoms with Crippen molar-refractivity contribution in [2.45, 2.75) is 37.6 Å². The number of aromatic amines is 1. The van der Waals surface area contributed by atoms with Gasteiger partial charge in [-0.15, -0.1) is 5.10 Å². The fourth-order valence-electron chi connectivity index (χ4n) is 7.59. The number of nitrogen functional groups attached to an aromatic ring is 1. The van der Waals surface area contributed by atoms with Crippen LogP contribution >= 0.6 is 11.6 Å². The molecular weight excluding hydrogens is 809 g/mol. The van der Waals surface area contributed by atoms with Gasteiger partial charge in [-0.2, -0.15) is 13.2 Å². The number of ether oxygens (including phenoxy) is 3. The van der Waals surface area contributed by atoms with Crippen molar-refractivity contribution in [3.63, 3.8) is 0 Å². The lowest BCUT2D eigenvalue weighted by Gasteiger charge is -2.38. The maximum absolute atomic E-state index is 14.1. The molecule has 0 saturated carbocycles. The number of hydrogen-bond acceptors (Lipinski definition) is 11. The molecule has 3 aromatic carbocycles. The number of rotatable bonds is 11. The molecule has 4 heterocycles. The molecule has 1 atom stereocenters. The number of carbonyl (C=O) groups is 3. The third-order valence-electron chi connectivity index (χ3n) is 11.0. The third kappa shape index (κ3) is 10.2. The minimum Gasteiger partial charge on any atom is -0.461 e. The summed E-state index contributed by atoms with van der Waals surface area (Å²) in [6.45, 7) is 5.42. The molecule has 7 rings (SSSR count). The molecule has 4 aromatic rings. The Kier molecular flexibility index (Phi) is 13.3. The van der Waals surface area contributed by atoms with Crippen molar-refractivity contribution in [3.8, 4) is 11.4 Å². The average Bonchev–Trinajstić information content (AvgIpc) is 3.66. The number of piperazine rings is 1. The van der Waals surface area contributed by atoms with Crippen LogP contribution in [-0.4, -0.2) is 132 Å². The molecule has 19 heteroatoms. The number of likely N-dealkylation sites (tertiary alicyclic amines) is 1. The molecule has 0 aliphatic carbocycles. The van der Waals surface area contributed by atoms with Crippen LogP contribution in [0.25, 0.3) is 11.4 Å². The van der Waals surface area contributed by atoms with Gasteiger partial charge in [-0.25, -0.2) is 19.1 Å². The number of hydrogen-bond donors (Lipinski definition) is 2. The molecule has 3 N–H and O–H groups in total. The monoisotopic (exact) mass is 854 g/mol. The van der Waals surface area contributed by atoms with Crippen molar-refractivity contribution in [2.75, 3.05) is 89.4 Å². The van der Waals surface area contributed by atoms with Crippen LogP contribution in [0.15, 0.2) is 71.5 Å². The van der Waals surface area contributed by atoms with Gasteiger partial charge in [-0.05, 0) is 54.8 Å². The van der Waals surface area contributed by atoms with Crippen molar-refractivity contribution >= 4 is 40.9 Å². The molecular formula is C41H46ClF3N8O7. The summed E-state index contributed by atoms with van der Waals surface area (Å²) in [6, 6.07) is 17.9. The number of nitrogens with one attached hydrogen (secondary N) is 1. The van der Waals surface area contributed by atoms with E-state index in [1.807, 2.05) is 35.2 Å². The number of piperidine rings is 1. The molecule has 0 radical (unpaired) electrons. The summed E-state index contributed by atoms with van der Waals surface area (Å²) in [5.41, 5.74) is 5.47. The SMILES string of the molecule is Nc1c(Cl)cc(C[C@@H](OC(=O)N2CCC(n3nc(-c4ccccc4)[nH]c3=O)CC2)C(=O)N2CCN(c3ccc(C(=O)OCCN4CCOCC4)cc3)CC2)cc1C(F)(F)F. The molecule has 1 aromatic heterocycles. The van der Waals surface area contributed by atoms with Crippen molar-refractivity contribution in [2.24, 2.45) is 0 Å². The Morgan fingerprint density at radius 2 is 1.60 bits per heavy atom. The van der Waals surface area contributed by atoms with Crippen LogP contribution in [0.3, 0.4) is 0 Å². The van der Waals surface area contributed by atoms with Crippen LogP contribution in [0.1, 0.15) is 40.4 Å². The van der Waals surface area contributed by atoms with Crippen LogP contribution in [0.5, 0.6) is 0 Å². The Morgan fingerprint density at radius 1 is 0.917 bits per heavy atom. The Labute approximate surface area is 348 Å². The van der Waals surface area contributed by atoms with E-state index >= 15 is 0 Å². The highest BCUT2D eigenvalue weighted by atomic mass is 35.5. The molecule has 3 saturated heterocycles. The number of esters is 1. The van der Waals surface area contributed by atoms with Gasteiger partial charge in [0.05, 0.1) is 41.1 Å². The predicted octanol–water partition coefficient (Wildman–Crippen LogP) is 4.72. The van der Waals surface area contributed by atoms with E-state index in [9.17, 15) is 32.3 Å². The second-order valence-corrected chi connectivity index (χ2v) is 15.3. The number of anilines is 2. The Hall–Kier alpha value is -5.59. The summed E-state index contributed by atoms with van der Waals surface area (Å²) in [4.78, 5) is 63.1. The number of benzene rings is 3. The molecule has 60 heavy (non-hydrogen) atoms. The lowest BCUT2D eigenvalue weighted by molar-refractivity contribution is -0.141. The zero-order chi connectivity index (χ0) is 42.4. The number of aromatic nitrogens is 3. The fraction of sp³-hybridized carbons (Fsp3) is 0.439. The number of H-pyrrole nitrogens is 1. The molecule has 2 amide bonds. The summed E-state index contributed by atoms with van der Waals surface area (Å²) in [7, 11) is 0. The van der Waals surface area contributed by atoms with Crippen LogP contribution in [0, 0.1) is 0 Å². The number of amides is 2. The van der Waals surface area contributed by atoms with Gasteiger partial charge in [0.1, 0.15) is 6.61 Å². The molecule has 320 valence electrons. The van der Waals surface area contributed by atoms with Gasteiger partial charge in [0.2, 0.25) is 0 Å². The maximum Gasteiger partial charge on any atom is 0.418 e. The normalized spacial score (nSPS) is 17.4. The Balaban J connectivity index is 0.984. The highest BCUT2D eigenvalue weighted by Crippen LogP contribution is 2.38. The summed E-state index contributed by atoms with van der Waals surface area (Å²) in [5.74, 6) is -0.580. The van der Waals surface area contributed by atoms with E-state index in [1.165, 1.54) is 20.5 Å². The van der Waals surface area contributed by atoms with Gasteiger partial charge in [0.25, 0.3) is 5.91 Å². The van der Waals surface area contributed by atoms with E-state index in [2.05, 4.69) is 15.0 Å². The van der Waals surface area contributed by atoms with Crippen molar-refractivity contribution < 1.29 is 41.8 Å². The van der Waals surface area contributed by atoms with E-state index in [0.29, 0.717) is 57.1 Å². The summed E-state index contributed by atoms with van der Waals surface area (Å²) in [6.07, 6.45) is -6.78. The standard InChI is InChI=1S/C41H46ClF3N8O7/c42-33-25-27(24-32(35(33)46)41(43,44)45)26-34(60-40(57)52-12-10-31(11-13-52)53-39(56)47-36(48-53)28-4-2-1-3-5-28)37(54)51-16-14-50(15-17-51)30-8-6-29(7-9-30)38(55)59-23-20-49-18-21-58-22-19-49/h1-9,24-25,31,34H,10-23,26,46H2,(H,47,48,56)/t34-/m1/s1. The first-order chi connectivity index (χ1) is 28.8. The summed E-state index contributed by atoms with van der Waals surface area (Å²) in [5, 5.41) is 4.13. The fourth-order valence-corrected chi connectivity index (χ4v) is 7.83. The minimum atomic E-state index is -4.82. The van der Waals surface area contributed by atoms with E-state index in [-0.39, 0.29) is 61.5 Å². The Morgan fingerprint density at radius 3 is 2.27 bits per heavy atom. The number of alkyl halides is 3. The molecule has 0 bridgehead atoms. The van der Waals surface area contributed by atoms with E-state index in [4.69, 9.17) is 31.5 Å². The highest BCUT2D eigenvalue weighted by Gasteiger charge is 2.37. The molecule has 3 fully saturated rings. The van der Waals surface area contributed by atoms with Crippen LogP contribution in [-0.2, 0) is 31.6 Å². The molecule has 3 aliphatic heterocycles. The van der Waals surface area contributed by atoms with E-state index in [1.54, 1.807) is 24.3 Å². The first kappa shape index (κ1) is 42.5. The summed E-state index contributed by atoms with van der Waals surface area (Å²) >= 11 is 6.12. The first-order valence-corrected chi connectivity index (χ1v) is 20.2. The topological polar surface area (TPSA) is 169 Å².